The van der Waals surface area contributed by atoms with E-state index < -0.39 is 13.9 Å². The third-order valence-electron chi connectivity index (χ3n) is 3.33. The van der Waals surface area contributed by atoms with Gasteiger partial charge < -0.3 is 24.9 Å². The molecule has 6 nitrogen and oxygen atoms in total. The molecule has 2 rings (SSSR count). The van der Waals surface area contributed by atoms with Gasteiger partial charge in [-0.25, -0.2) is 0 Å². The van der Waals surface area contributed by atoms with Crippen molar-refractivity contribution in [3.63, 3.8) is 0 Å². The summed E-state index contributed by atoms with van der Waals surface area (Å²) in [6, 6.07) is 8.36. The summed E-state index contributed by atoms with van der Waals surface area (Å²) >= 11 is 6.80. The topological polar surface area (TPSA) is 99.0 Å². The number of phenolic OH excluding ortho intramolecular Hbond substituents is 1. The third-order valence-corrected chi connectivity index (χ3v) is 5.08. The largest absolute Gasteiger partial charge is 0.508 e. The zero-order valence-electron chi connectivity index (χ0n) is 13.5. The molecule has 0 aliphatic heterocycles. The van der Waals surface area contributed by atoms with Crippen molar-refractivity contribution in [3.05, 3.63) is 44.8 Å². The van der Waals surface area contributed by atoms with Crippen molar-refractivity contribution in [2.45, 2.75) is 19.8 Å². The molecule has 0 bridgehead atoms. The molecule has 0 aliphatic rings. The van der Waals surface area contributed by atoms with E-state index in [0.29, 0.717) is 26.1 Å². The van der Waals surface area contributed by atoms with Gasteiger partial charge in [0.1, 0.15) is 17.8 Å². The van der Waals surface area contributed by atoms with Crippen molar-refractivity contribution in [2.75, 3.05) is 11.6 Å². The molecule has 4 N–H and O–H groups in total. The molecule has 2 aromatic rings. The molecular weight excluding hydrogens is 477 g/mol. The molecule has 0 amide bonds. The van der Waals surface area contributed by atoms with E-state index in [1.54, 1.807) is 30.3 Å². The summed E-state index contributed by atoms with van der Waals surface area (Å²) in [6.45, 7) is 3.96. The lowest BCUT2D eigenvalue weighted by Gasteiger charge is -2.15. The van der Waals surface area contributed by atoms with Crippen LogP contribution in [0.2, 0.25) is 0 Å². The van der Waals surface area contributed by atoms with Crippen molar-refractivity contribution in [3.8, 4) is 17.2 Å². The van der Waals surface area contributed by atoms with Gasteiger partial charge in [0.2, 0.25) is 0 Å². The quantitative estimate of drug-likeness (QED) is 0.402. The molecular formula is C16H18Br2NO5P. The highest BCUT2D eigenvalue weighted by Gasteiger charge is 2.15. The molecule has 0 saturated heterocycles. The van der Waals surface area contributed by atoms with Gasteiger partial charge in [0, 0.05) is 11.3 Å². The minimum atomic E-state index is -4.14. The molecule has 0 spiro atoms. The van der Waals surface area contributed by atoms with Gasteiger partial charge in [-0.05, 0) is 68.1 Å². The number of phenols is 1. The fourth-order valence-electron chi connectivity index (χ4n) is 2.13. The summed E-state index contributed by atoms with van der Waals surface area (Å²) in [5, 5.41) is 12.6. The fraction of sp³-hybridized carbons (Fsp3) is 0.250. The number of ether oxygens (including phenoxy) is 1. The van der Waals surface area contributed by atoms with E-state index >= 15 is 0 Å². The van der Waals surface area contributed by atoms with Crippen LogP contribution in [0.3, 0.4) is 0 Å². The van der Waals surface area contributed by atoms with E-state index in [9.17, 15) is 9.67 Å². The van der Waals surface area contributed by atoms with Gasteiger partial charge in [0.25, 0.3) is 0 Å². The molecule has 0 heterocycles. The van der Waals surface area contributed by atoms with Crippen LogP contribution in [0.25, 0.3) is 0 Å². The fourth-order valence-corrected chi connectivity index (χ4v) is 3.87. The maximum Gasteiger partial charge on any atom is 0.344 e. The minimum absolute atomic E-state index is 0.148. The number of hydrogen-bond donors (Lipinski definition) is 4. The van der Waals surface area contributed by atoms with Gasteiger partial charge in [-0.3, -0.25) is 4.57 Å². The summed E-state index contributed by atoms with van der Waals surface area (Å²) in [4.78, 5) is 17.9. The molecule has 25 heavy (non-hydrogen) atoms. The van der Waals surface area contributed by atoms with Crippen LogP contribution in [0.15, 0.2) is 39.3 Å². The van der Waals surface area contributed by atoms with E-state index in [4.69, 9.17) is 14.5 Å². The summed E-state index contributed by atoms with van der Waals surface area (Å²) < 4.78 is 18.1. The van der Waals surface area contributed by atoms with Crippen LogP contribution in [0.1, 0.15) is 25.3 Å². The van der Waals surface area contributed by atoms with E-state index in [0.717, 1.165) is 5.56 Å². The molecule has 0 saturated carbocycles. The highest BCUT2D eigenvalue weighted by molar-refractivity contribution is 9.11. The predicted octanol–water partition coefficient (Wildman–Crippen LogP) is 5.38. The van der Waals surface area contributed by atoms with Gasteiger partial charge in [-0.15, -0.1) is 0 Å². The average Bonchev–Trinajstić information content (AvgIpc) is 2.49. The first-order valence-electron chi connectivity index (χ1n) is 7.35. The van der Waals surface area contributed by atoms with Crippen LogP contribution < -0.4 is 10.1 Å². The molecule has 2 aromatic carbocycles. The van der Waals surface area contributed by atoms with Crippen LogP contribution in [-0.2, 0) is 4.57 Å². The zero-order valence-corrected chi connectivity index (χ0v) is 17.6. The second-order valence-corrected chi connectivity index (χ2v) is 9.10. The molecule has 0 fully saturated rings. The average molecular weight is 495 g/mol. The smallest absolute Gasteiger partial charge is 0.344 e. The van der Waals surface area contributed by atoms with E-state index in [1.165, 1.54) is 0 Å². The maximum atomic E-state index is 11.0. The van der Waals surface area contributed by atoms with Crippen molar-refractivity contribution < 1.29 is 24.2 Å². The number of nitrogens with one attached hydrogen (secondary N) is 1. The number of anilines is 1. The van der Waals surface area contributed by atoms with Crippen molar-refractivity contribution >= 4 is 45.1 Å². The van der Waals surface area contributed by atoms with Crippen LogP contribution >= 0.6 is 39.5 Å². The second-order valence-electron chi connectivity index (χ2n) is 5.75. The third kappa shape index (κ3) is 5.72. The van der Waals surface area contributed by atoms with E-state index in [2.05, 4.69) is 37.2 Å². The van der Waals surface area contributed by atoms with Crippen LogP contribution in [0, 0.1) is 0 Å². The Morgan fingerprint density at radius 2 is 1.76 bits per heavy atom. The maximum absolute atomic E-state index is 11.0. The Balaban J connectivity index is 2.26. The summed E-state index contributed by atoms with van der Waals surface area (Å²) in [5.74, 6) is 1.45. The van der Waals surface area contributed by atoms with Gasteiger partial charge >= 0.3 is 7.60 Å². The Morgan fingerprint density at radius 3 is 2.28 bits per heavy atom. The van der Waals surface area contributed by atoms with E-state index in [-0.39, 0.29) is 11.7 Å². The number of benzene rings is 2. The lowest BCUT2D eigenvalue weighted by molar-refractivity contribution is 0.375. The predicted molar refractivity (Wildman–Crippen MR) is 105 cm³/mol. The number of rotatable bonds is 6. The molecule has 0 unspecified atom stereocenters. The first-order chi connectivity index (χ1) is 11.6. The number of hydrogen-bond acceptors (Lipinski definition) is 4. The van der Waals surface area contributed by atoms with Crippen LogP contribution in [0.5, 0.6) is 17.2 Å². The second kappa shape index (κ2) is 8.10. The Hall–Kier alpha value is -1.05. The molecule has 9 heteroatoms. The van der Waals surface area contributed by atoms with Crippen molar-refractivity contribution in [1.82, 2.24) is 0 Å². The van der Waals surface area contributed by atoms with Crippen molar-refractivity contribution in [2.24, 2.45) is 0 Å². The summed E-state index contributed by atoms with van der Waals surface area (Å²) in [5.41, 5.74) is 1.31. The Bertz CT molecular complexity index is 799. The van der Waals surface area contributed by atoms with Gasteiger partial charge in [-0.1, -0.05) is 13.8 Å². The lowest BCUT2D eigenvalue weighted by Crippen LogP contribution is -2.02. The minimum Gasteiger partial charge on any atom is -0.508 e. The zero-order chi connectivity index (χ0) is 18.8. The van der Waals surface area contributed by atoms with Crippen molar-refractivity contribution in [1.29, 1.82) is 0 Å². The molecule has 0 atom stereocenters. The normalized spacial score (nSPS) is 11.6. The van der Waals surface area contributed by atoms with Gasteiger partial charge in [-0.2, -0.15) is 0 Å². The highest BCUT2D eigenvalue weighted by atomic mass is 79.9. The summed E-state index contributed by atoms with van der Waals surface area (Å²) in [6.07, 6.45) is -0.457. The van der Waals surface area contributed by atoms with Crippen LogP contribution in [0.4, 0.5) is 5.69 Å². The standard InChI is InChI=1S/C16H18Br2NO5P/c1-9(2)12-7-11(3-4-15(12)20)24-16-13(17)5-10(6-14(16)18)19-8-25(21,22)23/h3-7,9,19-20H,8H2,1-2H3,(H2,21,22,23). The number of aromatic hydroxyl groups is 1. The first-order valence-corrected chi connectivity index (χ1v) is 10.7. The monoisotopic (exact) mass is 493 g/mol. The van der Waals surface area contributed by atoms with Gasteiger partial charge in [0.05, 0.1) is 8.95 Å². The SMILES string of the molecule is CC(C)c1cc(Oc2c(Br)cc(NCP(=O)(O)O)cc2Br)ccc1O. The summed E-state index contributed by atoms with van der Waals surface area (Å²) in [7, 11) is -4.14. The molecule has 136 valence electrons. The Labute approximate surface area is 162 Å². The molecule has 0 aromatic heterocycles. The van der Waals surface area contributed by atoms with Gasteiger partial charge in [0.15, 0.2) is 5.75 Å². The molecule has 0 radical (unpaired) electrons. The highest BCUT2D eigenvalue weighted by Crippen LogP contribution is 2.41. The Kier molecular flexibility index (Phi) is 6.56. The first kappa shape index (κ1) is 20.3. The number of halogens is 2. The van der Waals surface area contributed by atoms with E-state index in [1.807, 2.05) is 13.8 Å². The Morgan fingerprint density at radius 1 is 1.16 bits per heavy atom. The lowest BCUT2D eigenvalue weighted by atomic mass is 10.0. The molecule has 0 aliphatic carbocycles. The van der Waals surface area contributed by atoms with Crippen LogP contribution in [-0.4, -0.2) is 21.2 Å².